The number of benzene rings is 1. The number of morpholine rings is 1. The van der Waals surface area contributed by atoms with Crippen molar-refractivity contribution >= 4 is 41.5 Å². The Bertz CT molecular complexity index is 596. The fourth-order valence-corrected chi connectivity index (χ4v) is 3.50. The first-order valence-corrected chi connectivity index (χ1v) is 9.75. The number of hydrogen-bond donors (Lipinski definition) is 2. The zero-order valence-corrected chi connectivity index (χ0v) is 18.7. The molecule has 6 nitrogen and oxygen atoms in total. The highest BCUT2D eigenvalue weighted by atomic mass is 127. The fraction of sp³-hybridized carbons (Fsp3) is 0.632. The van der Waals surface area contributed by atoms with Crippen LogP contribution in [0, 0.1) is 0 Å². The third-order valence-corrected chi connectivity index (χ3v) is 5.03. The molecule has 3 atom stereocenters. The summed E-state index contributed by atoms with van der Waals surface area (Å²) in [4.78, 5) is 6.85. The summed E-state index contributed by atoms with van der Waals surface area (Å²) in [6, 6.07) is 7.22. The number of rotatable bonds is 5. The quantitative estimate of drug-likeness (QED) is 0.363. The summed E-state index contributed by atoms with van der Waals surface area (Å²) in [6.45, 7) is 6.15. The molecule has 3 unspecified atom stereocenters. The number of halogens is 2. The number of guanidine groups is 1. The highest BCUT2D eigenvalue weighted by Gasteiger charge is 2.32. The molecular formula is C19H29ClIN3O3. The first-order chi connectivity index (χ1) is 12.7. The van der Waals surface area contributed by atoms with Gasteiger partial charge in [-0.3, -0.25) is 4.99 Å². The van der Waals surface area contributed by atoms with Gasteiger partial charge in [0.2, 0.25) is 0 Å². The minimum atomic E-state index is -0.657. The van der Waals surface area contributed by atoms with Crippen LogP contribution in [-0.2, 0) is 9.47 Å². The van der Waals surface area contributed by atoms with Gasteiger partial charge in [0.25, 0.3) is 0 Å². The number of nitrogens with one attached hydrogen (secondary N) is 1. The average molecular weight is 510 g/mol. The molecule has 2 fully saturated rings. The predicted molar refractivity (Wildman–Crippen MR) is 118 cm³/mol. The lowest BCUT2D eigenvalue weighted by molar-refractivity contribution is -0.0817. The highest BCUT2D eigenvalue weighted by Crippen LogP contribution is 2.21. The molecule has 3 rings (SSSR count). The monoisotopic (exact) mass is 509 g/mol. The molecule has 0 radical (unpaired) electrons. The second-order valence-electron chi connectivity index (χ2n) is 6.67. The van der Waals surface area contributed by atoms with Crippen LogP contribution in [0.1, 0.15) is 31.4 Å². The molecule has 0 saturated carbocycles. The van der Waals surface area contributed by atoms with Crippen LogP contribution in [0.15, 0.2) is 29.3 Å². The Morgan fingerprint density at radius 2 is 2.04 bits per heavy atom. The summed E-state index contributed by atoms with van der Waals surface area (Å²) >= 11 is 5.91. The molecule has 2 aliphatic heterocycles. The second-order valence-corrected chi connectivity index (χ2v) is 7.11. The van der Waals surface area contributed by atoms with Crippen molar-refractivity contribution < 1.29 is 14.6 Å². The van der Waals surface area contributed by atoms with Crippen LogP contribution < -0.4 is 5.32 Å². The van der Waals surface area contributed by atoms with Gasteiger partial charge in [-0.1, -0.05) is 23.7 Å². The third-order valence-electron chi connectivity index (χ3n) is 4.78. The standard InChI is InChI=1S/C19H28ClN3O3.HI/c1-2-21-19(22-12-16(24)14-5-7-15(20)8-6-14)23-9-11-26-18(13-23)17-4-3-10-25-17;/h5-8,16-18,24H,2-4,9-13H2,1H3,(H,21,22);1H. The van der Waals surface area contributed by atoms with Crippen molar-refractivity contribution in [1.29, 1.82) is 0 Å². The van der Waals surface area contributed by atoms with Gasteiger partial charge in [-0.05, 0) is 37.5 Å². The molecule has 2 saturated heterocycles. The molecule has 2 heterocycles. The molecule has 2 N–H and O–H groups in total. The molecule has 0 aromatic heterocycles. The number of hydrogen-bond acceptors (Lipinski definition) is 4. The van der Waals surface area contributed by atoms with E-state index in [4.69, 9.17) is 21.1 Å². The Balaban J connectivity index is 0.00000261. The van der Waals surface area contributed by atoms with Crippen molar-refractivity contribution in [3.8, 4) is 0 Å². The number of nitrogens with zero attached hydrogens (tertiary/aromatic N) is 2. The molecule has 152 valence electrons. The van der Waals surface area contributed by atoms with Crippen molar-refractivity contribution in [2.45, 2.75) is 38.1 Å². The van der Waals surface area contributed by atoms with E-state index in [2.05, 4.69) is 15.2 Å². The first kappa shape index (κ1) is 22.7. The molecule has 8 heteroatoms. The summed E-state index contributed by atoms with van der Waals surface area (Å²) in [5.41, 5.74) is 0.813. The van der Waals surface area contributed by atoms with E-state index in [1.54, 1.807) is 12.1 Å². The average Bonchev–Trinajstić information content (AvgIpc) is 3.20. The topological polar surface area (TPSA) is 66.3 Å². The SMILES string of the molecule is CCNC(=NCC(O)c1ccc(Cl)cc1)N1CCOC(C2CCCO2)C1.I. The molecule has 2 aliphatic rings. The van der Waals surface area contributed by atoms with Gasteiger partial charge in [-0.2, -0.15) is 0 Å². The Hall–Kier alpha value is -0.610. The van der Waals surface area contributed by atoms with Crippen LogP contribution in [0.4, 0.5) is 0 Å². The van der Waals surface area contributed by atoms with Gasteiger partial charge < -0.3 is 24.8 Å². The zero-order chi connectivity index (χ0) is 18.4. The van der Waals surface area contributed by atoms with E-state index in [1.807, 2.05) is 19.1 Å². The first-order valence-electron chi connectivity index (χ1n) is 9.37. The lowest BCUT2D eigenvalue weighted by Crippen LogP contribution is -2.53. The van der Waals surface area contributed by atoms with Gasteiger partial charge in [0.1, 0.15) is 6.10 Å². The zero-order valence-electron chi connectivity index (χ0n) is 15.6. The van der Waals surface area contributed by atoms with E-state index in [0.717, 1.165) is 50.6 Å². The van der Waals surface area contributed by atoms with Gasteiger partial charge >= 0.3 is 0 Å². The fourth-order valence-electron chi connectivity index (χ4n) is 3.38. The molecule has 27 heavy (non-hydrogen) atoms. The maximum absolute atomic E-state index is 10.4. The summed E-state index contributed by atoms with van der Waals surface area (Å²) in [6.07, 6.45) is 1.76. The third kappa shape index (κ3) is 6.45. The lowest BCUT2D eigenvalue weighted by atomic mass is 10.1. The predicted octanol–water partition coefficient (Wildman–Crippen LogP) is 2.84. The van der Waals surface area contributed by atoms with Crippen molar-refractivity contribution in [3.05, 3.63) is 34.9 Å². The van der Waals surface area contributed by atoms with Crippen LogP contribution in [0.25, 0.3) is 0 Å². The van der Waals surface area contributed by atoms with Gasteiger partial charge in [0.05, 0.1) is 25.4 Å². The van der Waals surface area contributed by atoms with Crippen LogP contribution >= 0.6 is 35.6 Å². The van der Waals surface area contributed by atoms with E-state index < -0.39 is 6.10 Å². The second kappa shape index (κ2) is 11.4. The number of aliphatic hydroxyl groups is 1. The molecule has 0 amide bonds. The van der Waals surface area contributed by atoms with Crippen molar-refractivity contribution in [2.24, 2.45) is 4.99 Å². The lowest BCUT2D eigenvalue weighted by Gasteiger charge is -2.37. The summed E-state index contributed by atoms with van der Waals surface area (Å²) < 4.78 is 11.7. The summed E-state index contributed by atoms with van der Waals surface area (Å²) in [7, 11) is 0. The summed E-state index contributed by atoms with van der Waals surface area (Å²) in [5, 5.41) is 14.4. The summed E-state index contributed by atoms with van der Waals surface area (Å²) in [5.74, 6) is 0.812. The normalized spacial score (nSPS) is 24.4. The number of aliphatic imine (C=N–C) groups is 1. The maximum Gasteiger partial charge on any atom is 0.194 e. The Kier molecular flexibility index (Phi) is 9.58. The molecule has 0 spiro atoms. The molecular weight excluding hydrogens is 481 g/mol. The van der Waals surface area contributed by atoms with E-state index in [1.165, 1.54) is 0 Å². The van der Waals surface area contributed by atoms with Gasteiger partial charge in [-0.25, -0.2) is 0 Å². The van der Waals surface area contributed by atoms with Crippen molar-refractivity contribution in [2.75, 3.05) is 39.4 Å². The van der Waals surface area contributed by atoms with E-state index >= 15 is 0 Å². The molecule has 0 bridgehead atoms. The Morgan fingerprint density at radius 1 is 1.30 bits per heavy atom. The van der Waals surface area contributed by atoms with Crippen molar-refractivity contribution in [1.82, 2.24) is 10.2 Å². The Labute approximate surface area is 183 Å². The van der Waals surface area contributed by atoms with Crippen LogP contribution in [-0.4, -0.2) is 67.6 Å². The van der Waals surface area contributed by atoms with E-state index in [9.17, 15) is 5.11 Å². The number of aliphatic hydroxyl groups excluding tert-OH is 1. The largest absolute Gasteiger partial charge is 0.386 e. The van der Waals surface area contributed by atoms with Gasteiger partial charge in [-0.15, -0.1) is 24.0 Å². The smallest absolute Gasteiger partial charge is 0.194 e. The number of ether oxygens (including phenoxy) is 2. The molecule has 1 aromatic rings. The van der Waals surface area contributed by atoms with Crippen molar-refractivity contribution in [3.63, 3.8) is 0 Å². The minimum Gasteiger partial charge on any atom is -0.386 e. The van der Waals surface area contributed by atoms with Gasteiger partial charge in [0.15, 0.2) is 5.96 Å². The van der Waals surface area contributed by atoms with Gasteiger partial charge in [0, 0.05) is 31.3 Å². The minimum absolute atomic E-state index is 0. The molecule has 1 aromatic carbocycles. The Morgan fingerprint density at radius 3 is 2.70 bits per heavy atom. The van der Waals surface area contributed by atoms with Crippen LogP contribution in [0.5, 0.6) is 0 Å². The molecule has 0 aliphatic carbocycles. The van der Waals surface area contributed by atoms with Crippen LogP contribution in [0.3, 0.4) is 0 Å². The maximum atomic E-state index is 10.4. The highest BCUT2D eigenvalue weighted by molar-refractivity contribution is 14.0. The van der Waals surface area contributed by atoms with E-state index in [-0.39, 0.29) is 36.2 Å². The van der Waals surface area contributed by atoms with E-state index in [0.29, 0.717) is 18.2 Å². The van der Waals surface area contributed by atoms with Crippen LogP contribution in [0.2, 0.25) is 5.02 Å².